The lowest BCUT2D eigenvalue weighted by atomic mass is 9.74. The van der Waals surface area contributed by atoms with Crippen LogP contribution in [0.5, 0.6) is 0 Å². The Hall–Kier alpha value is -2.98. The van der Waals surface area contributed by atoms with Crippen LogP contribution in [0.1, 0.15) is 28.7 Å². The fraction of sp³-hybridized carbons (Fsp3) is 0.172. The first-order valence-electron chi connectivity index (χ1n) is 11.1. The molecule has 1 aliphatic rings. The number of hydrogen-bond acceptors (Lipinski definition) is 3. The zero-order chi connectivity index (χ0) is 21.8. The van der Waals surface area contributed by atoms with Crippen LogP contribution in [0.25, 0.3) is 6.08 Å². The summed E-state index contributed by atoms with van der Waals surface area (Å²) in [6, 6.07) is 34.4. The van der Waals surface area contributed by atoms with Crippen molar-refractivity contribution in [2.45, 2.75) is 18.1 Å². The Morgan fingerprint density at radius 3 is 1.78 bits per heavy atom. The van der Waals surface area contributed by atoms with Gasteiger partial charge in [-0.15, -0.1) is 0 Å². The average molecular weight is 438 g/mol. The number of rotatable bonds is 5. The highest BCUT2D eigenvalue weighted by Gasteiger charge is 2.44. The Morgan fingerprint density at radius 1 is 0.781 bits per heavy atom. The van der Waals surface area contributed by atoms with Crippen LogP contribution >= 0.6 is 11.3 Å². The van der Waals surface area contributed by atoms with Crippen molar-refractivity contribution in [3.05, 3.63) is 136 Å². The van der Waals surface area contributed by atoms with E-state index in [-0.39, 0.29) is 0 Å². The molecular weight excluding hydrogens is 410 g/mol. The summed E-state index contributed by atoms with van der Waals surface area (Å²) in [5, 5.41) is 15.1. The van der Waals surface area contributed by atoms with Gasteiger partial charge in [-0.05, 0) is 51.1 Å². The zero-order valence-corrected chi connectivity index (χ0v) is 18.8. The smallest absolute Gasteiger partial charge is 0.0975 e. The van der Waals surface area contributed by atoms with E-state index in [9.17, 15) is 5.11 Å². The van der Waals surface area contributed by atoms with Crippen LogP contribution in [0, 0.1) is 0 Å². The molecule has 1 N–H and O–H groups in total. The lowest BCUT2D eigenvalue weighted by molar-refractivity contribution is 0.0872. The van der Waals surface area contributed by atoms with Crippen LogP contribution in [-0.4, -0.2) is 29.2 Å². The van der Waals surface area contributed by atoms with E-state index in [1.54, 1.807) is 11.3 Å². The Bertz CT molecular complexity index is 1060. The van der Waals surface area contributed by atoms with Crippen molar-refractivity contribution in [3.8, 4) is 0 Å². The maximum Gasteiger partial charge on any atom is 0.0975 e. The summed E-state index contributed by atoms with van der Waals surface area (Å²) >= 11 is 1.69. The third-order valence-electron chi connectivity index (χ3n) is 6.42. The Kier molecular flexibility index (Phi) is 6.04. The number of likely N-dealkylation sites (tertiary alicyclic amines) is 1. The molecule has 1 aromatic heterocycles. The van der Waals surface area contributed by atoms with Gasteiger partial charge >= 0.3 is 0 Å². The first-order valence-corrected chi connectivity index (χ1v) is 12.0. The van der Waals surface area contributed by atoms with E-state index in [1.807, 2.05) is 0 Å². The Morgan fingerprint density at radius 2 is 1.31 bits per heavy atom. The Labute approximate surface area is 194 Å². The highest BCUT2D eigenvalue weighted by atomic mass is 32.1. The van der Waals surface area contributed by atoms with E-state index in [0.29, 0.717) is 13.0 Å². The van der Waals surface area contributed by atoms with E-state index >= 15 is 0 Å². The molecule has 32 heavy (non-hydrogen) atoms. The number of benzene rings is 3. The first-order chi connectivity index (χ1) is 15.8. The molecule has 0 spiro atoms. The molecule has 0 aliphatic carbocycles. The van der Waals surface area contributed by atoms with Gasteiger partial charge in [0.05, 0.1) is 11.6 Å². The third-order valence-corrected chi connectivity index (χ3v) is 7.12. The van der Waals surface area contributed by atoms with Gasteiger partial charge in [-0.25, -0.2) is 0 Å². The molecule has 1 atom stereocenters. The average Bonchev–Trinajstić information content (AvgIpc) is 3.37. The minimum atomic E-state index is -0.447. The summed E-state index contributed by atoms with van der Waals surface area (Å²) in [5.41, 5.74) is 5.51. The molecule has 0 radical (unpaired) electrons. The van der Waals surface area contributed by atoms with E-state index < -0.39 is 11.6 Å². The fourth-order valence-electron chi connectivity index (χ4n) is 4.95. The molecule has 3 aromatic carbocycles. The molecule has 0 bridgehead atoms. The van der Waals surface area contributed by atoms with Gasteiger partial charge in [0.25, 0.3) is 0 Å². The standard InChI is InChI=1S/C29H27NOS/c31-28-16-18-30(21-24(28)20-23-17-19-32-22-23)29(25-10-4-1-5-11-25,26-12-6-2-7-13-26)27-14-8-3-9-15-27/h1-15,17,19-20,22,28,31H,16,18,21H2. The zero-order valence-electron chi connectivity index (χ0n) is 18.0. The lowest BCUT2D eigenvalue weighted by Gasteiger charge is -2.48. The second-order valence-electron chi connectivity index (χ2n) is 8.31. The van der Waals surface area contributed by atoms with Crippen LogP contribution in [0.3, 0.4) is 0 Å². The van der Waals surface area contributed by atoms with Gasteiger partial charge in [0.2, 0.25) is 0 Å². The van der Waals surface area contributed by atoms with Crippen molar-refractivity contribution in [2.24, 2.45) is 0 Å². The second kappa shape index (κ2) is 9.25. The third kappa shape index (κ3) is 3.84. The molecule has 2 nitrogen and oxygen atoms in total. The molecule has 0 saturated carbocycles. The number of piperidine rings is 1. The quantitative estimate of drug-likeness (QED) is 0.376. The normalized spacial score (nSPS) is 18.7. The topological polar surface area (TPSA) is 23.5 Å². The van der Waals surface area contributed by atoms with E-state index in [1.165, 1.54) is 16.7 Å². The monoisotopic (exact) mass is 437 g/mol. The SMILES string of the molecule is OC1CCN(C(c2ccccc2)(c2ccccc2)c2ccccc2)CC1=Cc1ccsc1. The molecule has 0 amide bonds. The first kappa shape index (κ1) is 20.9. The number of aliphatic hydroxyl groups is 1. The van der Waals surface area contributed by atoms with Gasteiger partial charge < -0.3 is 5.11 Å². The molecule has 1 fully saturated rings. The minimum absolute atomic E-state index is 0.411. The molecular formula is C29H27NOS. The summed E-state index contributed by atoms with van der Waals surface area (Å²) in [7, 11) is 0. The molecule has 2 heterocycles. The van der Waals surface area contributed by atoms with Gasteiger partial charge in [0.15, 0.2) is 0 Å². The van der Waals surface area contributed by atoms with Crippen LogP contribution < -0.4 is 0 Å². The van der Waals surface area contributed by atoms with Gasteiger partial charge in [-0.2, -0.15) is 11.3 Å². The summed E-state index contributed by atoms with van der Waals surface area (Å²) < 4.78 is 0. The van der Waals surface area contributed by atoms with Crippen LogP contribution in [-0.2, 0) is 5.54 Å². The van der Waals surface area contributed by atoms with Gasteiger partial charge in [0, 0.05) is 13.1 Å². The van der Waals surface area contributed by atoms with Crippen molar-refractivity contribution in [1.29, 1.82) is 0 Å². The molecule has 3 heteroatoms. The van der Waals surface area contributed by atoms with Gasteiger partial charge in [-0.3, -0.25) is 4.90 Å². The Balaban J connectivity index is 1.71. The highest BCUT2D eigenvalue weighted by Crippen LogP contribution is 2.44. The van der Waals surface area contributed by atoms with Crippen LogP contribution in [0.4, 0.5) is 0 Å². The van der Waals surface area contributed by atoms with Gasteiger partial charge in [0.1, 0.15) is 0 Å². The molecule has 160 valence electrons. The maximum absolute atomic E-state index is 10.9. The van der Waals surface area contributed by atoms with E-state index in [2.05, 4.69) is 119 Å². The summed E-state index contributed by atoms with van der Waals surface area (Å²) in [5.74, 6) is 0. The number of hydrogen-bond donors (Lipinski definition) is 1. The lowest BCUT2D eigenvalue weighted by Crippen LogP contribution is -2.52. The molecule has 1 saturated heterocycles. The predicted octanol–water partition coefficient (Wildman–Crippen LogP) is 6.19. The van der Waals surface area contributed by atoms with E-state index in [4.69, 9.17) is 0 Å². The van der Waals surface area contributed by atoms with Crippen LogP contribution in [0.2, 0.25) is 0 Å². The van der Waals surface area contributed by atoms with Crippen LogP contribution in [0.15, 0.2) is 113 Å². The predicted molar refractivity (Wildman–Crippen MR) is 134 cm³/mol. The maximum atomic E-state index is 10.9. The van der Waals surface area contributed by atoms with Crippen molar-refractivity contribution in [3.63, 3.8) is 0 Å². The number of nitrogens with zero attached hydrogens (tertiary/aromatic N) is 1. The van der Waals surface area contributed by atoms with Crippen molar-refractivity contribution < 1.29 is 5.11 Å². The summed E-state index contributed by atoms with van der Waals surface area (Å²) in [6.45, 7) is 1.51. The molecule has 1 aliphatic heterocycles. The highest BCUT2D eigenvalue weighted by molar-refractivity contribution is 7.08. The summed E-state index contributed by atoms with van der Waals surface area (Å²) in [4.78, 5) is 2.54. The van der Waals surface area contributed by atoms with Crippen molar-refractivity contribution in [1.82, 2.24) is 4.90 Å². The molecule has 1 unspecified atom stereocenters. The largest absolute Gasteiger partial charge is 0.389 e. The summed E-state index contributed by atoms with van der Waals surface area (Å²) in [6.07, 6.45) is 2.47. The fourth-order valence-corrected chi connectivity index (χ4v) is 5.57. The van der Waals surface area contributed by atoms with E-state index in [0.717, 1.165) is 17.7 Å². The molecule has 5 rings (SSSR count). The molecule has 4 aromatic rings. The number of thiophene rings is 1. The minimum Gasteiger partial charge on any atom is -0.389 e. The van der Waals surface area contributed by atoms with Crippen molar-refractivity contribution >= 4 is 17.4 Å². The van der Waals surface area contributed by atoms with Gasteiger partial charge in [-0.1, -0.05) is 97.1 Å². The second-order valence-corrected chi connectivity index (χ2v) is 9.09. The number of aliphatic hydroxyl groups excluding tert-OH is 1. The van der Waals surface area contributed by atoms with Crippen molar-refractivity contribution in [2.75, 3.05) is 13.1 Å².